The molecule has 2 aromatic rings. The molecular formula is C25H29Cl4N3O4S. The van der Waals surface area contributed by atoms with Crippen molar-refractivity contribution in [2.24, 2.45) is 0 Å². The maximum atomic E-state index is 13.8. The Morgan fingerprint density at radius 2 is 1.65 bits per heavy atom. The lowest BCUT2D eigenvalue weighted by Gasteiger charge is -2.33. The lowest BCUT2D eigenvalue weighted by molar-refractivity contribution is -0.140. The van der Waals surface area contributed by atoms with Crippen molar-refractivity contribution >= 4 is 73.9 Å². The van der Waals surface area contributed by atoms with E-state index in [1.165, 1.54) is 23.1 Å². The van der Waals surface area contributed by atoms with Gasteiger partial charge in [0.15, 0.2) is 0 Å². The number of rotatable bonds is 10. The zero-order valence-electron chi connectivity index (χ0n) is 20.5. The fourth-order valence-electron chi connectivity index (χ4n) is 4.39. The molecule has 0 radical (unpaired) electrons. The van der Waals surface area contributed by atoms with E-state index >= 15 is 0 Å². The maximum absolute atomic E-state index is 13.8. The molecule has 1 aliphatic carbocycles. The number of anilines is 1. The smallest absolute Gasteiger partial charge is 0.244 e. The van der Waals surface area contributed by atoms with Crippen LogP contribution in [0.15, 0.2) is 36.4 Å². The van der Waals surface area contributed by atoms with Gasteiger partial charge in [-0.1, -0.05) is 72.2 Å². The Balaban J connectivity index is 1.97. The van der Waals surface area contributed by atoms with Crippen LogP contribution in [0.3, 0.4) is 0 Å². The normalized spacial score (nSPS) is 14.9. The fraction of sp³-hybridized carbons (Fsp3) is 0.440. The molecular weight excluding hydrogens is 580 g/mol. The molecule has 0 aliphatic heterocycles. The van der Waals surface area contributed by atoms with Gasteiger partial charge in [0, 0.05) is 17.6 Å². The quantitative estimate of drug-likeness (QED) is 0.362. The van der Waals surface area contributed by atoms with Gasteiger partial charge in [-0.25, -0.2) is 8.42 Å². The molecule has 1 N–H and O–H groups in total. The van der Waals surface area contributed by atoms with E-state index in [9.17, 15) is 18.0 Å². The van der Waals surface area contributed by atoms with Crippen LogP contribution in [0.2, 0.25) is 20.1 Å². The molecule has 1 unspecified atom stereocenters. The first-order valence-electron chi connectivity index (χ1n) is 11.9. The average Bonchev–Trinajstić information content (AvgIpc) is 3.33. The van der Waals surface area contributed by atoms with Crippen LogP contribution in [-0.2, 0) is 26.2 Å². The molecule has 7 nitrogen and oxygen atoms in total. The third-order valence-electron chi connectivity index (χ3n) is 6.28. The van der Waals surface area contributed by atoms with Crippen molar-refractivity contribution in [3.8, 4) is 0 Å². The van der Waals surface area contributed by atoms with Crippen LogP contribution in [0.25, 0.3) is 0 Å². The Morgan fingerprint density at radius 1 is 1.00 bits per heavy atom. The molecule has 1 fully saturated rings. The highest BCUT2D eigenvalue weighted by Gasteiger charge is 2.33. The van der Waals surface area contributed by atoms with Gasteiger partial charge in [0.1, 0.15) is 12.6 Å². The largest absolute Gasteiger partial charge is 0.352 e. The van der Waals surface area contributed by atoms with Crippen LogP contribution in [0.1, 0.15) is 44.6 Å². The van der Waals surface area contributed by atoms with Crippen molar-refractivity contribution in [2.75, 3.05) is 17.1 Å². The van der Waals surface area contributed by atoms with Gasteiger partial charge in [0.05, 0.1) is 27.0 Å². The molecule has 202 valence electrons. The SMILES string of the molecule is CCC(C(=O)NC1CCCC1)N(Cc1ccc(Cl)c(Cl)c1)C(=O)CN(c1cc(Cl)ccc1Cl)S(C)(=O)=O. The van der Waals surface area contributed by atoms with E-state index in [0.29, 0.717) is 22.0 Å². The minimum atomic E-state index is -3.94. The number of halogens is 4. The number of carbonyl (C=O) groups excluding carboxylic acids is 2. The van der Waals surface area contributed by atoms with Crippen molar-refractivity contribution in [2.45, 2.75) is 57.7 Å². The first-order valence-corrected chi connectivity index (χ1v) is 15.2. The van der Waals surface area contributed by atoms with Gasteiger partial charge in [-0.05, 0) is 55.2 Å². The van der Waals surface area contributed by atoms with Crippen LogP contribution >= 0.6 is 46.4 Å². The molecule has 37 heavy (non-hydrogen) atoms. The van der Waals surface area contributed by atoms with Gasteiger partial charge in [0.2, 0.25) is 21.8 Å². The summed E-state index contributed by atoms with van der Waals surface area (Å²) in [5.74, 6) is -0.865. The highest BCUT2D eigenvalue weighted by Crippen LogP contribution is 2.31. The van der Waals surface area contributed by atoms with E-state index in [0.717, 1.165) is 36.2 Å². The zero-order chi connectivity index (χ0) is 27.3. The molecule has 0 bridgehead atoms. The van der Waals surface area contributed by atoms with Crippen molar-refractivity contribution in [3.05, 3.63) is 62.1 Å². The number of carbonyl (C=O) groups is 2. The fourth-order valence-corrected chi connectivity index (χ4v) is 6.00. The molecule has 0 saturated heterocycles. The minimum absolute atomic E-state index is 0.0210. The Kier molecular flexibility index (Phi) is 10.4. The van der Waals surface area contributed by atoms with Crippen LogP contribution in [-0.4, -0.2) is 50.0 Å². The summed E-state index contributed by atoms with van der Waals surface area (Å²) in [6, 6.07) is 8.51. The number of nitrogens with zero attached hydrogens (tertiary/aromatic N) is 2. The van der Waals surface area contributed by atoms with Crippen LogP contribution in [0.4, 0.5) is 5.69 Å². The average molecular weight is 609 g/mol. The van der Waals surface area contributed by atoms with E-state index in [4.69, 9.17) is 46.4 Å². The molecule has 0 aromatic heterocycles. The monoisotopic (exact) mass is 607 g/mol. The third-order valence-corrected chi connectivity index (χ3v) is 8.70. The highest BCUT2D eigenvalue weighted by atomic mass is 35.5. The summed E-state index contributed by atoms with van der Waals surface area (Å²) in [7, 11) is -3.94. The Labute approximate surface area is 238 Å². The third kappa shape index (κ3) is 7.90. The van der Waals surface area contributed by atoms with Gasteiger partial charge >= 0.3 is 0 Å². The van der Waals surface area contributed by atoms with Crippen LogP contribution in [0.5, 0.6) is 0 Å². The van der Waals surface area contributed by atoms with Crippen LogP contribution in [0, 0.1) is 0 Å². The Bertz CT molecular complexity index is 1250. The molecule has 1 saturated carbocycles. The van der Waals surface area contributed by atoms with E-state index in [2.05, 4.69) is 5.32 Å². The molecule has 0 spiro atoms. The number of nitrogens with one attached hydrogen (secondary N) is 1. The highest BCUT2D eigenvalue weighted by molar-refractivity contribution is 7.92. The second-order valence-electron chi connectivity index (χ2n) is 9.05. The van der Waals surface area contributed by atoms with Crippen molar-refractivity contribution < 1.29 is 18.0 Å². The molecule has 1 atom stereocenters. The van der Waals surface area contributed by atoms with Crippen molar-refractivity contribution in [1.29, 1.82) is 0 Å². The van der Waals surface area contributed by atoms with Gasteiger partial charge in [-0.15, -0.1) is 0 Å². The first-order chi connectivity index (χ1) is 17.4. The molecule has 3 rings (SSSR count). The minimum Gasteiger partial charge on any atom is -0.352 e. The molecule has 2 aromatic carbocycles. The zero-order valence-corrected chi connectivity index (χ0v) is 24.4. The van der Waals surface area contributed by atoms with Crippen molar-refractivity contribution in [1.82, 2.24) is 10.2 Å². The van der Waals surface area contributed by atoms with E-state index in [-0.39, 0.29) is 34.2 Å². The first kappa shape index (κ1) is 29.8. The number of benzene rings is 2. The predicted molar refractivity (Wildman–Crippen MR) is 150 cm³/mol. The number of hydrogen-bond acceptors (Lipinski definition) is 4. The maximum Gasteiger partial charge on any atom is 0.244 e. The molecule has 2 amide bonds. The summed E-state index contributed by atoms with van der Waals surface area (Å²) in [6.45, 7) is 1.25. The number of sulfonamides is 1. The van der Waals surface area contributed by atoms with E-state index in [1.807, 2.05) is 0 Å². The second-order valence-corrected chi connectivity index (χ2v) is 12.6. The summed E-state index contributed by atoms with van der Waals surface area (Å²) in [5, 5.41) is 4.09. The van der Waals surface area contributed by atoms with Crippen molar-refractivity contribution in [3.63, 3.8) is 0 Å². The summed E-state index contributed by atoms with van der Waals surface area (Å²) < 4.78 is 26.4. The van der Waals surface area contributed by atoms with Gasteiger partial charge in [-0.3, -0.25) is 13.9 Å². The summed E-state index contributed by atoms with van der Waals surface area (Å²) in [5.41, 5.74) is 0.713. The van der Waals surface area contributed by atoms with Gasteiger partial charge in [-0.2, -0.15) is 0 Å². The lowest BCUT2D eigenvalue weighted by atomic mass is 10.1. The Morgan fingerprint density at radius 3 is 2.24 bits per heavy atom. The molecule has 12 heteroatoms. The summed E-state index contributed by atoms with van der Waals surface area (Å²) in [6.07, 6.45) is 5.15. The standard InChI is InChI=1S/C25H29Cl4N3O4S/c1-3-22(25(34)30-18-6-4-5-7-18)31(14-16-8-10-19(27)21(29)12-16)24(33)15-32(37(2,35)36)23-13-17(26)9-11-20(23)28/h8-13,18,22H,3-7,14-15H2,1-2H3,(H,30,34). The number of amides is 2. The van der Waals surface area contributed by atoms with Gasteiger partial charge in [0.25, 0.3) is 0 Å². The summed E-state index contributed by atoms with van der Waals surface area (Å²) in [4.78, 5) is 28.5. The Hall–Kier alpha value is -1.71. The van der Waals surface area contributed by atoms with Crippen LogP contribution < -0.4 is 9.62 Å². The second kappa shape index (κ2) is 12.9. The van der Waals surface area contributed by atoms with Gasteiger partial charge < -0.3 is 10.2 Å². The van der Waals surface area contributed by atoms with E-state index < -0.39 is 28.5 Å². The number of hydrogen-bond donors (Lipinski definition) is 1. The lowest BCUT2D eigenvalue weighted by Crippen LogP contribution is -2.53. The molecule has 0 heterocycles. The molecule has 1 aliphatic rings. The summed E-state index contributed by atoms with van der Waals surface area (Å²) >= 11 is 24.6. The topological polar surface area (TPSA) is 86.8 Å². The predicted octanol–water partition coefficient (Wildman–Crippen LogP) is 5.93. The van der Waals surface area contributed by atoms with E-state index in [1.54, 1.807) is 25.1 Å².